The van der Waals surface area contributed by atoms with Crippen molar-refractivity contribution in [2.45, 2.75) is 19.3 Å². The van der Waals surface area contributed by atoms with Crippen LogP contribution in [0.2, 0.25) is 0 Å². The molecule has 2 heterocycles. The standard InChI is InChI=1S/C24H21NO2/c1-27-18-9-7-17-8-10-21-20(22(17)15-18)13-14-25-23(26)12-11-19(24(21)25)16-5-3-2-4-6-16/h2-10,15H,11-14H2,1H3. The first-order valence-electron chi connectivity index (χ1n) is 9.45. The number of nitrogens with zero attached hydrogens (tertiary/aromatic N) is 1. The number of hydrogen-bond donors (Lipinski definition) is 0. The van der Waals surface area contributed by atoms with Crippen LogP contribution >= 0.6 is 0 Å². The zero-order valence-electron chi connectivity index (χ0n) is 15.4. The van der Waals surface area contributed by atoms with Gasteiger partial charge in [-0.15, -0.1) is 0 Å². The Morgan fingerprint density at radius 2 is 1.74 bits per heavy atom. The van der Waals surface area contributed by atoms with Gasteiger partial charge in [-0.3, -0.25) is 4.79 Å². The van der Waals surface area contributed by atoms with Crippen molar-refractivity contribution in [1.29, 1.82) is 0 Å². The second-order valence-electron chi connectivity index (χ2n) is 7.17. The van der Waals surface area contributed by atoms with Crippen molar-refractivity contribution in [2.75, 3.05) is 13.7 Å². The van der Waals surface area contributed by atoms with Crippen LogP contribution in [0.1, 0.15) is 29.5 Å². The third kappa shape index (κ3) is 2.54. The maximum Gasteiger partial charge on any atom is 0.227 e. The first-order valence-corrected chi connectivity index (χ1v) is 9.45. The molecule has 0 saturated carbocycles. The molecule has 0 saturated heterocycles. The Morgan fingerprint density at radius 3 is 2.56 bits per heavy atom. The number of allylic oxidation sites excluding steroid dienone is 1. The van der Waals surface area contributed by atoms with E-state index in [0.717, 1.165) is 30.8 Å². The van der Waals surface area contributed by atoms with E-state index >= 15 is 0 Å². The van der Waals surface area contributed by atoms with Gasteiger partial charge in [-0.1, -0.05) is 48.5 Å². The molecule has 3 nitrogen and oxygen atoms in total. The van der Waals surface area contributed by atoms with Gasteiger partial charge >= 0.3 is 0 Å². The average Bonchev–Trinajstić information content (AvgIpc) is 2.73. The molecule has 3 aromatic carbocycles. The van der Waals surface area contributed by atoms with Crippen molar-refractivity contribution in [2.24, 2.45) is 0 Å². The van der Waals surface area contributed by atoms with Crippen molar-refractivity contribution in [1.82, 2.24) is 4.90 Å². The topological polar surface area (TPSA) is 29.5 Å². The second kappa shape index (κ2) is 6.27. The molecule has 3 aromatic rings. The molecule has 0 aliphatic carbocycles. The van der Waals surface area contributed by atoms with E-state index in [1.807, 2.05) is 17.0 Å². The van der Waals surface area contributed by atoms with Gasteiger partial charge < -0.3 is 9.64 Å². The summed E-state index contributed by atoms with van der Waals surface area (Å²) in [6.07, 6.45) is 2.26. The van der Waals surface area contributed by atoms with E-state index in [4.69, 9.17) is 4.74 Å². The fraction of sp³-hybridized carbons (Fsp3) is 0.208. The molecule has 0 aromatic heterocycles. The minimum atomic E-state index is 0.237. The Bertz CT molecular complexity index is 1080. The number of carbonyl (C=O) groups is 1. The Kier molecular flexibility index (Phi) is 3.75. The average molecular weight is 355 g/mol. The SMILES string of the molecule is COc1ccc2ccc3c(c2c1)CCN1C(=O)CCC(c2ccccc2)=C31. The van der Waals surface area contributed by atoms with Gasteiger partial charge in [-0.25, -0.2) is 0 Å². The van der Waals surface area contributed by atoms with E-state index in [2.05, 4.69) is 48.5 Å². The number of methoxy groups -OCH3 is 1. The molecular weight excluding hydrogens is 334 g/mol. The summed E-state index contributed by atoms with van der Waals surface area (Å²) in [5, 5.41) is 2.44. The fourth-order valence-electron chi connectivity index (χ4n) is 4.44. The van der Waals surface area contributed by atoms with Crippen molar-refractivity contribution in [3.05, 3.63) is 77.4 Å². The van der Waals surface area contributed by atoms with Crippen LogP contribution in [0.25, 0.3) is 22.0 Å². The van der Waals surface area contributed by atoms with Crippen molar-refractivity contribution < 1.29 is 9.53 Å². The second-order valence-corrected chi connectivity index (χ2v) is 7.17. The predicted molar refractivity (Wildman–Crippen MR) is 108 cm³/mol. The van der Waals surface area contributed by atoms with Crippen molar-refractivity contribution in [3.8, 4) is 5.75 Å². The quantitative estimate of drug-likeness (QED) is 0.655. The lowest BCUT2D eigenvalue weighted by atomic mass is 9.84. The monoisotopic (exact) mass is 355 g/mol. The molecule has 2 aliphatic heterocycles. The van der Waals surface area contributed by atoms with E-state index in [1.165, 1.54) is 33.0 Å². The van der Waals surface area contributed by atoms with Crippen LogP contribution in [0.15, 0.2) is 60.7 Å². The molecule has 0 unspecified atom stereocenters. The van der Waals surface area contributed by atoms with Crippen molar-refractivity contribution >= 4 is 27.9 Å². The molecule has 3 heteroatoms. The van der Waals surface area contributed by atoms with Gasteiger partial charge in [0.05, 0.1) is 12.8 Å². The maximum absolute atomic E-state index is 12.7. The minimum Gasteiger partial charge on any atom is -0.497 e. The highest BCUT2D eigenvalue weighted by Crippen LogP contribution is 2.43. The molecular formula is C24H21NO2. The number of amides is 1. The molecule has 134 valence electrons. The van der Waals surface area contributed by atoms with Gasteiger partial charge in [0.15, 0.2) is 0 Å². The van der Waals surface area contributed by atoms with Gasteiger partial charge in [0.25, 0.3) is 0 Å². The maximum atomic E-state index is 12.7. The number of hydrogen-bond acceptors (Lipinski definition) is 2. The van der Waals surface area contributed by atoms with Crippen LogP contribution in [0, 0.1) is 0 Å². The summed E-state index contributed by atoms with van der Waals surface area (Å²) in [6, 6.07) is 21.0. The van der Waals surface area contributed by atoms with Crippen molar-refractivity contribution in [3.63, 3.8) is 0 Å². The Morgan fingerprint density at radius 1 is 0.926 bits per heavy atom. The summed E-state index contributed by atoms with van der Waals surface area (Å²) in [5.74, 6) is 1.11. The summed E-state index contributed by atoms with van der Waals surface area (Å²) < 4.78 is 5.45. The summed E-state index contributed by atoms with van der Waals surface area (Å²) in [6.45, 7) is 0.744. The molecule has 0 atom stereocenters. The lowest BCUT2D eigenvalue weighted by Crippen LogP contribution is -2.38. The molecule has 0 fully saturated rings. The molecule has 27 heavy (non-hydrogen) atoms. The molecule has 0 bridgehead atoms. The van der Waals surface area contributed by atoms with E-state index < -0.39 is 0 Å². The molecule has 2 aliphatic rings. The zero-order valence-corrected chi connectivity index (χ0v) is 15.4. The molecule has 0 spiro atoms. The number of carbonyl (C=O) groups excluding carboxylic acids is 1. The zero-order chi connectivity index (χ0) is 18.4. The number of benzene rings is 3. The van der Waals surface area contributed by atoms with Crippen LogP contribution in [0.4, 0.5) is 0 Å². The highest BCUT2D eigenvalue weighted by Gasteiger charge is 2.33. The van der Waals surface area contributed by atoms with E-state index in [1.54, 1.807) is 7.11 Å². The molecule has 0 radical (unpaired) electrons. The Labute approximate surface area is 158 Å². The Hall–Kier alpha value is -3.07. The van der Waals surface area contributed by atoms with E-state index in [-0.39, 0.29) is 5.91 Å². The van der Waals surface area contributed by atoms with Gasteiger partial charge in [-0.05, 0) is 52.4 Å². The van der Waals surface area contributed by atoms with Crippen LogP contribution in [-0.4, -0.2) is 24.5 Å². The predicted octanol–water partition coefficient (Wildman–Crippen LogP) is 4.90. The fourth-order valence-corrected chi connectivity index (χ4v) is 4.44. The number of ether oxygens (including phenoxy) is 1. The third-order valence-corrected chi connectivity index (χ3v) is 5.75. The largest absolute Gasteiger partial charge is 0.497 e. The van der Waals surface area contributed by atoms with Crippen LogP contribution in [0.5, 0.6) is 5.75 Å². The highest BCUT2D eigenvalue weighted by atomic mass is 16.5. The summed E-state index contributed by atoms with van der Waals surface area (Å²) in [7, 11) is 1.70. The van der Waals surface area contributed by atoms with Crippen LogP contribution in [-0.2, 0) is 11.2 Å². The van der Waals surface area contributed by atoms with Crippen LogP contribution in [0.3, 0.4) is 0 Å². The summed E-state index contributed by atoms with van der Waals surface area (Å²) >= 11 is 0. The van der Waals surface area contributed by atoms with Gasteiger partial charge in [-0.2, -0.15) is 0 Å². The number of rotatable bonds is 2. The normalized spacial score (nSPS) is 16.3. The lowest BCUT2D eigenvalue weighted by molar-refractivity contribution is -0.128. The smallest absolute Gasteiger partial charge is 0.227 e. The van der Waals surface area contributed by atoms with Gasteiger partial charge in [0.1, 0.15) is 5.75 Å². The third-order valence-electron chi connectivity index (χ3n) is 5.75. The summed E-state index contributed by atoms with van der Waals surface area (Å²) in [5.41, 5.74) is 6.10. The minimum absolute atomic E-state index is 0.237. The van der Waals surface area contributed by atoms with Gasteiger partial charge in [0.2, 0.25) is 5.91 Å². The van der Waals surface area contributed by atoms with Crippen LogP contribution < -0.4 is 4.74 Å². The molecule has 1 amide bonds. The first kappa shape index (κ1) is 16.1. The first-order chi connectivity index (χ1) is 13.3. The van der Waals surface area contributed by atoms with Gasteiger partial charge in [0, 0.05) is 18.5 Å². The highest BCUT2D eigenvalue weighted by molar-refractivity contribution is 6.05. The van der Waals surface area contributed by atoms with E-state index in [9.17, 15) is 4.79 Å². The van der Waals surface area contributed by atoms with E-state index in [0.29, 0.717) is 6.42 Å². The Balaban J connectivity index is 1.79. The molecule has 5 rings (SSSR count). The lowest BCUT2D eigenvalue weighted by Gasteiger charge is -2.37. The summed E-state index contributed by atoms with van der Waals surface area (Å²) in [4.78, 5) is 14.7. The number of fused-ring (bicyclic) bond motifs is 5. The molecule has 0 N–H and O–H groups in total.